The lowest BCUT2D eigenvalue weighted by Gasteiger charge is -2.23. The van der Waals surface area contributed by atoms with Crippen LogP contribution in [0.15, 0.2) is 88.2 Å². The maximum Gasteiger partial charge on any atom is 0.272 e. The molecule has 0 radical (unpaired) electrons. The number of hydrogen-bond donors (Lipinski definition) is 0. The molecule has 0 fully saturated rings. The minimum absolute atomic E-state index is 0.0592. The van der Waals surface area contributed by atoms with E-state index in [0.29, 0.717) is 10.2 Å². The van der Waals surface area contributed by atoms with E-state index in [1.807, 2.05) is 6.92 Å². The van der Waals surface area contributed by atoms with Gasteiger partial charge in [0.1, 0.15) is 0 Å². The number of rotatable bonds is 4. The van der Waals surface area contributed by atoms with E-state index in [4.69, 9.17) is 0 Å². The Kier molecular flexibility index (Phi) is 5.25. The van der Waals surface area contributed by atoms with Gasteiger partial charge in [0.25, 0.3) is 15.9 Å². The van der Waals surface area contributed by atoms with Gasteiger partial charge in [-0.2, -0.15) is 4.31 Å². The van der Waals surface area contributed by atoms with Crippen LogP contribution in [0.1, 0.15) is 15.9 Å². The van der Waals surface area contributed by atoms with Crippen LogP contribution in [0.4, 0.5) is 5.69 Å². The first-order valence-corrected chi connectivity index (χ1v) is 10.1. The Morgan fingerprint density at radius 1 is 0.885 bits per heavy atom. The predicted molar refractivity (Wildman–Crippen MR) is 106 cm³/mol. The number of carbonyl (C=O) groups is 1. The molecule has 0 aliphatic carbocycles. The van der Waals surface area contributed by atoms with E-state index in [2.05, 4.69) is 15.9 Å². The van der Waals surface area contributed by atoms with Crippen molar-refractivity contribution in [3.05, 3.63) is 94.5 Å². The van der Waals surface area contributed by atoms with Gasteiger partial charge in [-0.05, 0) is 49.4 Å². The van der Waals surface area contributed by atoms with Crippen molar-refractivity contribution < 1.29 is 13.2 Å². The fourth-order valence-corrected chi connectivity index (χ4v) is 4.32. The predicted octanol–water partition coefficient (Wildman–Crippen LogP) is 4.79. The lowest BCUT2D eigenvalue weighted by molar-refractivity contribution is 0.101. The molecule has 0 heterocycles. The summed E-state index contributed by atoms with van der Waals surface area (Å²) in [6.45, 7) is 1.90. The van der Waals surface area contributed by atoms with Crippen LogP contribution in [0.5, 0.6) is 0 Å². The van der Waals surface area contributed by atoms with Crippen molar-refractivity contribution >= 4 is 37.5 Å². The van der Waals surface area contributed by atoms with Crippen LogP contribution < -0.4 is 4.31 Å². The first-order valence-electron chi connectivity index (χ1n) is 7.86. The van der Waals surface area contributed by atoms with Gasteiger partial charge < -0.3 is 0 Å². The van der Waals surface area contributed by atoms with Crippen LogP contribution in [0, 0.1) is 6.92 Å². The zero-order valence-corrected chi connectivity index (χ0v) is 16.4. The van der Waals surface area contributed by atoms with Crippen LogP contribution in [0.3, 0.4) is 0 Å². The minimum atomic E-state index is -4.06. The topological polar surface area (TPSA) is 54.5 Å². The summed E-state index contributed by atoms with van der Waals surface area (Å²) < 4.78 is 28.0. The van der Waals surface area contributed by atoms with E-state index in [-0.39, 0.29) is 10.5 Å². The summed E-state index contributed by atoms with van der Waals surface area (Å²) in [4.78, 5) is 13.2. The van der Waals surface area contributed by atoms with E-state index >= 15 is 0 Å². The van der Waals surface area contributed by atoms with Gasteiger partial charge >= 0.3 is 0 Å². The number of anilines is 1. The molecule has 0 bridgehead atoms. The highest BCUT2D eigenvalue weighted by atomic mass is 79.9. The Hall–Kier alpha value is -2.44. The maximum absolute atomic E-state index is 13.2. The highest BCUT2D eigenvalue weighted by molar-refractivity contribution is 9.10. The lowest BCUT2D eigenvalue weighted by atomic mass is 10.2. The highest BCUT2D eigenvalue weighted by Gasteiger charge is 2.31. The quantitative estimate of drug-likeness (QED) is 0.598. The average molecular weight is 430 g/mol. The Morgan fingerprint density at radius 2 is 1.54 bits per heavy atom. The molecule has 0 aliphatic rings. The second kappa shape index (κ2) is 7.43. The van der Waals surface area contributed by atoms with Gasteiger partial charge in [-0.1, -0.05) is 57.9 Å². The fourth-order valence-electron chi connectivity index (χ4n) is 2.48. The van der Waals surface area contributed by atoms with Crippen molar-refractivity contribution in [1.82, 2.24) is 0 Å². The zero-order chi connectivity index (χ0) is 18.7. The molecule has 0 saturated heterocycles. The van der Waals surface area contributed by atoms with Crippen molar-refractivity contribution in [2.75, 3.05) is 4.31 Å². The second-order valence-electron chi connectivity index (χ2n) is 5.73. The third kappa shape index (κ3) is 3.71. The number of amides is 1. The standard InChI is InChI=1S/C20H16BrNO3S/c1-15-10-12-18(13-11-15)22(20(23)16-6-5-7-17(21)14-16)26(24,25)19-8-3-2-4-9-19/h2-14H,1H3. The van der Waals surface area contributed by atoms with Gasteiger partial charge in [0.05, 0.1) is 10.6 Å². The van der Waals surface area contributed by atoms with Gasteiger partial charge in [-0.3, -0.25) is 4.79 Å². The number of halogens is 1. The highest BCUT2D eigenvalue weighted by Crippen LogP contribution is 2.27. The zero-order valence-electron chi connectivity index (χ0n) is 14.0. The molecule has 3 aromatic rings. The van der Waals surface area contributed by atoms with E-state index in [9.17, 15) is 13.2 Å². The number of nitrogens with zero attached hydrogens (tertiary/aromatic N) is 1. The van der Waals surface area contributed by atoms with Gasteiger partial charge in [0, 0.05) is 10.0 Å². The Balaban J connectivity index is 2.17. The van der Waals surface area contributed by atoms with Gasteiger partial charge in [0.2, 0.25) is 0 Å². The monoisotopic (exact) mass is 429 g/mol. The molecule has 0 saturated carbocycles. The summed E-state index contributed by atoms with van der Waals surface area (Å²) in [5.74, 6) is -0.612. The minimum Gasteiger partial charge on any atom is -0.268 e. The average Bonchev–Trinajstić information content (AvgIpc) is 2.64. The van der Waals surface area contributed by atoms with Crippen LogP contribution in [0.2, 0.25) is 0 Å². The van der Waals surface area contributed by atoms with Gasteiger partial charge in [-0.15, -0.1) is 0 Å². The molecule has 132 valence electrons. The Labute approximate surface area is 161 Å². The van der Waals surface area contributed by atoms with E-state index in [0.717, 1.165) is 9.87 Å². The third-order valence-corrected chi connectivity index (χ3v) is 6.02. The summed E-state index contributed by atoms with van der Waals surface area (Å²) >= 11 is 3.32. The van der Waals surface area contributed by atoms with Gasteiger partial charge in [-0.25, -0.2) is 8.42 Å². The van der Waals surface area contributed by atoms with Crippen LogP contribution in [-0.4, -0.2) is 14.3 Å². The van der Waals surface area contributed by atoms with Crippen LogP contribution in [0.25, 0.3) is 0 Å². The van der Waals surface area contributed by atoms with E-state index in [1.165, 1.54) is 12.1 Å². The molecule has 1 amide bonds. The molecule has 6 heteroatoms. The number of benzene rings is 3. The normalized spacial score (nSPS) is 11.2. The molecular weight excluding hydrogens is 414 g/mol. The molecule has 3 aromatic carbocycles. The summed E-state index contributed by atoms with van der Waals surface area (Å²) in [6.07, 6.45) is 0. The number of carbonyl (C=O) groups excluding carboxylic acids is 1. The maximum atomic E-state index is 13.2. The fraction of sp³-hybridized carbons (Fsp3) is 0.0500. The molecule has 0 N–H and O–H groups in total. The molecule has 0 atom stereocenters. The van der Waals surface area contributed by atoms with Crippen LogP contribution >= 0.6 is 15.9 Å². The molecule has 0 spiro atoms. The first kappa shape index (κ1) is 18.4. The lowest BCUT2D eigenvalue weighted by Crippen LogP contribution is -2.37. The number of aryl methyl sites for hydroxylation is 1. The van der Waals surface area contributed by atoms with Crippen LogP contribution in [-0.2, 0) is 10.0 Å². The van der Waals surface area contributed by atoms with Crippen molar-refractivity contribution in [3.63, 3.8) is 0 Å². The first-order chi connectivity index (χ1) is 12.4. The summed E-state index contributed by atoms with van der Waals surface area (Å²) in [5.41, 5.74) is 1.55. The molecule has 0 aliphatic heterocycles. The second-order valence-corrected chi connectivity index (χ2v) is 8.44. The Morgan fingerprint density at radius 3 is 2.15 bits per heavy atom. The summed E-state index contributed by atoms with van der Waals surface area (Å²) in [7, 11) is -4.06. The number of hydrogen-bond acceptors (Lipinski definition) is 3. The van der Waals surface area contributed by atoms with Crippen molar-refractivity contribution in [1.29, 1.82) is 0 Å². The van der Waals surface area contributed by atoms with Crippen molar-refractivity contribution in [2.45, 2.75) is 11.8 Å². The third-order valence-electron chi connectivity index (χ3n) is 3.81. The summed E-state index contributed by atoms with van der Waals surface area (Å²) in [6, 6.07) is 21.4. The van der Waals surface area contributed by atoms with Crippen molar-refractivity contribution in [2.24, 2.45) is 0 Å². The van der Waals surface area contributed by atoms with Gasteiger partial charge in [0.15, 0.2) is 0 Å². The van der Waals surface area contributed by atoms with E-state index in [1.54, 1.807) is 66.7 Å². The smallest absolute Gasteiger partial charge is 0.268 e. The Bertz CT molecular complexity index is 1030. The molecule has 4 nitrogen and oxygen atoms in total. The van der Waals surface area contributed by atoms with E-state index < -0.39 is 15.9 Å². The molecular formula is C20H16BrNO3S. The molecule has 0 aromatic heterocycles. The molecule has 3 rings (SSSR count). The SMILES string of the molecule is Cc1ccc(N(C(=O)c2cccc(Br)c2)S(=O)(=O)c2ccccc2)cc1. The number of sulfonamides is 1. The molecule has 0 unspecified atom stereocenters. The summed E-state index contributed by atoms with van der Waals surface area (Å²) in [5, 5.41) is 0. The molecule has 26 heavy (non-hydrogen) atoms. The largest absolute Gasteiger partial charge is 0.272 e. The van der Waals surface area contributed by atoms with Crippen molar-refractivity contribution in [3.8, 4) is 0 Å².